The minimum absolute atomic E-state index is 0.0301. The highest BCUT2D eigenvalue weighted by Gasteiger charge is 2.28. The number of para-hydroxylation sites is 1. The summed E-state index contributed by atoms with van der Waals surface area (Å²) in [6.07, 6.45) is 3.24. The predicted octanol–water partition coefficient (Wildman–Crippen LogP) is 1.13. The number of piperazine rings is 1. The average Bonchev–Trinajstić information content (AvgIpc) is 2.71. The van der Waals surface area contributed by atoms with Gasteiger partial charge in [-0.1, -0.05) is 12.1 Å². The van der Waals surface area contributed by atoms with Crippen LogP contribution in [0.3, 0.4) is 0 Å². The van der Waals surface area contributed by atoms with Crippen molar-refractivity contribution in [2.75, 3.05) is 63.5 Å². The van der Waals surface area contributed by atoms with Gasteiger partial charge >= 0.3 is 0 Å². The second kappa shape index (κ2) is 9.86. The van der Waals surface area contributed by atoms with E-state index in [1.807, 2.05) is 12.1 Å². The third kappa shape index (κ3) is 6.13. The van der Waals surface area contributed by atoms with Crippen LogP contribution in [0.2, 0.25) is 0 Å². The van der Waals surface area contributed by atoms with E-state index in [1.54, 1.807) is 6.07 Å². The highest BCUT2D eigenvalue weighted by atomic mass is 32.2. The fraction of sp³-hybridized carbons (Fsp3) is 0.650. The molecule has 1 aromatic rings. The molecule has 0 radical (unpaired) electrons. The summed E-state index contributed by atoms with van der Waals surface area (Å²) in [5.41, 5.74) is 0.668. The molecule has 2 aliphatic rings. The van der Waals surface area contributed by atoms with Crippen molar-refractivity contribution in [2.24, 2.45) is 5.92 Å². The summed E-state index contributed by atoms with van der Waals surface area (Å²) < 4.78 is 38.4. The molecule has 0 atom stereocenters. The van der Waals surface area contributed by atoms with E-state index in [0.717, 1.165) is 39.1 Å². The highest BCUT2D eigenvalue weighted by molar-refractivity contribution is 7.88. The number of amides is 1. The summed E-state index contributed by atoms with van der Waals surface area (Å²) in [6, 6.07) is 6.88. The van der Waals surface area contributed by atoms with Gasteiger partial charge in [0.1, 0.15) is 5.82 Å². The van der Waals surface area contributed by atoms with Gasteiger partial charge in [0.05, 0.1) is 11.9 Å². The molecule has 2 fully saturated rings. The maximum atomic E-state index is 13.9. The van der Waals surface area contributed by atoms with Crippen LogP contribution in [0.4, 0.5) is 10.1 Å². The lowest BCUT2D eigenvalue weighted by atomic mass is 9.97. The molecule has 9 heteroatoms. The predicted molar refractivity (Wildman–Crippen MR) is 112 cm³/mol. The third-order valence-electron chi connectivity index (χ3n) is 5.81. The first kappa shape index (κ1) is 22.0. The molecule has 29 heavy (non-hydrogen) atoms. The van der Waals surface area contributed by atoms with Crippen molar-refractivity contribution in [2.45, 2.75) is 19.3 Å². The van der Waals surface area contributed by atoms with Crippen LogP contribution < -0.4 is 10.2 Å². The quantitative estimate of drug-likeness (QED) is 0.662. The number of anilines is 1. The summed E-state index contributed by atoms with van der Waals surface area (Å²) in [6.45, 7) is 5.72. The minimum Gasteiger partial charge on any atom is -0.367 e. The molecule has 162 valence electrons. The summed E-state index contributed by atoms with van der Waals surface area (Å²) in [4.78, 5) is 16.7. The van der Waals surface area contributed by atoms with Gasteiger partial charge < -0.3 is 10.2 Å². The van der Waals surface area contributed by atoms with Crippen LogP contribution in [0.5, 0.6) is 0 Å². The number of hydrogen-bond acceptors (Lipinski definition) is 5. The zero-order chi connectivity index (χ0) is 20.9. The Morgan fingerprint density at radius 3 is 2.38 bits per heavy atom. The van der Waals surface area contributed by atoms with E-state index in [-0.39, 0.29) is 17.6 Å². The molecule has 1 amide bonds. The molecule has 7 nitrogen and oxygen atoms in total. The Balaban J connectivity index is 1.31. The molecular formula is C20H31FN4O3S. The summed E-state index contributed by atoms with van der Waals surface area (Å²) in [5, 5.41) is 2.99. The fourth-order valence-corrected chi connectivity index (χ4v) is 4.90. The average molecular weight is 427 g/mol. The van der Waals surface area contributed by atoms with Crippen LogP contribution in [0.15, 0.2) is 24.3 Å². The Labute approximate surface area is 172 Å². The number of rotatable bonds is 7. The van der Waals surface area contributed by atoms with E-state index in [2.05, 4.69) is 15.1 Å². The van der Waals surface area contributed by atoms with Crippen LogP contribution in [0, 0.1) is 11.7 Å². The van der Waals surface area contributed by atoms with Crippen LogP contribution in [0.25, 0.3) is 0 Å². The lowest BCUT2D eigenvalue weighted by Gasteiger charge is -2.36. The second-order valence-electron chi connectivity index (χ2n) is 7.86. The maximum absolute atomic E-state index is 13.9. The number of carbonyl (C=O) groups is 1. The van der Waals surface area contributed by atoms with Crippen molar-refractivity contribution < 1.29 is 17.6 Å². The van der Waals surface area contributed by atoms with Gasteiger partial charge in [-0.05, 0) is 37.9 Å². The monoisotopic (exact) mass is 426 g/mol. The van der Waals surface area contributed by atoms with E-state index in [0.29, 0.717) is 38.2 Å². The zero-order valence-corrected chi connectivity index (χ0v) is 17.8. The molecule has 0 saturated carbocycles. The van der Waals surface area contributed by atoms with E-state index in [1.165, 1.54) is 16.6 Å². The Hall–Kier alpha value is -1.71. The van der Waals surface area contributed by atoms with E-state index < -0.39 is 10.0 Å². The normalized spacial score (nSPS) is 20.0. The van der Waals surface area contributed by atoms with Crippen LogP contribution in [-0.4, -0.2) is 82.1 Å². The Morgan fingerprint density at radius 1 is 1.10 bits per heavy atom. The molecule has 0 unspecified atom stereocenters. The SMILES string of the molecule is CS(=O)(=O)N1CCC(C(=O)NCCCN2CCN(c3ccccc3F)CC2)CC1. The van der Waals surface area contributed by atoms with Gasteiger partial charge in [-0.2, -0.15) is 0 Å². The molecular weight excluding hydrogens is 395 g/mol. The minimum atomic E-state index is -3.16. The molecule has 1 N–H and O–H groups in total. The summed E-state index contributed by atoms with van der Waals surface area (Å²) in [7, 11) is -3.16. The molecule has 2 heterocycles. The molecule has 0 aliphatic carbocycles. The summed E-state index contributed by atoms with van der Waals surface area (Å²) in [5.74, 6) is -0.245. The topological polar surface area (TPSA) is 73.0 Å². The standard InChI is InChI=1S/C20H31FN4O3S/c1-29(27,28)25-11-7-17(8-12-25)20(26)22-9-4-10-23-13-15-24(16-14-23)19-6-3-2-5-18(19)21/h2-3,5-6,17H,4,7-16H2,1H3,(H,22,26). The van der Waals surface area contributed by atoms with E-state index in [4.69, 9.17) is 0 Å². The summed E-state index contributed by atoms with van der Waals surface area (Å²) >= 11 is 0. The largest absolute Gasteiger partial charge is 0.367 e. The first-order valence-electron chi connectivity index (χ1n) is 10.3. The van der Waals surface area contributed by atoms with E-state index in [9.17, 15) is 17.6 Å². The highest BCUT2D eigenvalue weighted by Crippen LogP contribution is 2.21. The Bertz CT molecular complexity index is 789. The number of benzene rings is 1. The van der Waals surface area contributed by atoms with Crippen LogP contribution in [-0.2, 0) is 14.8 Å². The van der Waals surface area contributed by atoms with Gasteiger partial charge in [-0.25, -0.2) is 17.1 Å². The van der Waals surface area contributed by atoms with Crippen molar-refractivity contribution in [3.05, 3.63) is 30.1 Å². The van der Waals surface area contributed by atoms with Gasteiger partial charge in [-0.15, -0.1) is 0 Å². The van der Waals surface area contributed by atoms with Crippen molar-refractivity contribution >= 4 is 21.6 Å². The molecule has 2 saturated heterocycles. The van der Waals surface area contributed by atoms with Crippen molar-refractivity contribution in [1.29, 1.82) is 0 Å². The third-order valence-corrected chi connectivity index (χ3v) is 7.11. The van der Waals surface area contributed by atoms with Gasteiger partial charge in [0.2, 0.25) is 15.9 Å². The molecule has 0 spiro atoms. The van der Waals surface area contributed by atoms with Crippen LogP contribution in [0.1, 0.15) is 19.3 Å². The number of hydrogen-bond donors (Lipinski definition) is 1. The number of carbonyl (C=O) groups excluding carboxylic acids is 1. The van der Waals surface area contributed by atoms with Gasteiger partial charge in [0.25, 0.3) is 0 Å². The van der Waals surface area contributed by atoms with Crippen molar-refractivity contribution in [3.63, 3.8) is 0 Å². The first-order chi connectivity index (χ1) is 13.8. The number of piperidine rings is 1. The number of sulfonamides is 1. The van der Waals surface area contributed by atoms with Gasteiger partial charge in [-0.3, -0.25) is 9.69 Å². The number of nitrogens with zero attached hydrogens (tertiary/aromatic N) is 3. The van der Waals surface area contributed by atoms with Crippen molar-refractivity contribution in [1.82, 2.24) is 14.5 Å². The first-order valence-corrected chi connectivity index (χ1v) is 12.1. The van der Waals surface area contributed by atoms with Gasteiger partial charge in [0, 0.05) is 51.7 Å². The van der Waals surface area contributed by atoms with E-state index >= 15 is 0 Å². The zero-order valence-electron chi connectivity index (χ0n) is 17.0. The number of halogens is 1. The lowest BCUT2D eigenvalue weighted by Crippen LogP contribution is -2.47. The Kier molecular flexibility index (Phi) is 7.48. The maximum Gasteiger partial charge on any atom is 0.223 e. The lowest BCUT2D eigenvalue weighted by molar-refractivity contribution is -0.126. The molecule has 0 aromatic heterocycles. The molecule has 1 aromatic carbocycles. The molecule has 3 rings (SSSR count). The van der Waals surface area contributed by atoms with Gasteiger partial charge in [0.15, 0.2) is 0 Å². The molecule has 0 bridgehead atoms. The smallest absolute Gasteiger partial charge is 0.223 e. The fourth-order valence-electron chi connectivity index (χ4n) is 4.03. The van der Waals surface area contributed by atoms with Crippen LogP contribution >= 0.6 is 0 Å². The van der Waals surface area contributed by atoms with Crippen molar-refractivity contribution in [3.8, 4) is 0 Å². The molecule has 2 aliphatic heterocycles. The second-order valence-corrected chi connectivity index (χ2v) is 9.84. The Morgan fingerprint density at radius 2 is 1.76 bits per heavy atom. The number of nitrogens with one attached hydrogen (secondary N) is 1.